The summed E-state index contributed by atoms with van der Waals surface area (Å²) in [4.78, 5) is 2.43. The van der Waals surface area contributed by atoms with Gasteiger partial charge in [-0.2, -0.15) is 0 Å². The maximum atomic E-state index is 2.43. The standard InChI is InChI=1S/C18H21N/c1-3-14-9-10-17-16(11-14)12-19(2)13-18(17)15-7-5-4-6-8-15/h4-11,18H,3,12-13H2,1-2H3/t18-/m1/s1. The van der Waals surface area contributed by atoms with Gasteiger partial charge in [-0.25, -0.2) is 0 Å². The highest BCUT2D eigenvalue weighted by Gasteiger charge is 2.24. The molecule has 1 heteroatoms. The second kappa shape index (κ2) is 5.18. The van der Waals surface area contributed by atoms with Gasteiger partial charge in [0, 0.05) is 19.0 Å². The van der Waals surface area contributed by atoms with Gasteiger partial charge < -0.3 is 4.90 Å². The highest BCUT2D eigenvalue weighted by molar-refractivity contribution is 5.42. The fraction of sp³-hybridized carbons (Fsp3) is 0.333. The molecule has 1 atom stereocenters. The van der Waals surface area contributed by atoms with Gasteiger partial charge >= 0.3 is 0 Å². The molecule has 0 aromatic heterocycles. The fourth-order valence-corrected chi connectivity index (χ4v) is 3.09. The molecule has 98 valence electrons. The molecule has 0 saturated heterocycles. The van der Waals surface area contributed by atoms with Crippen LogP contribution in [0.3, 0.4) is 0 Å². The van der Waals surface area contributed by atoms with Gasteiger partial charge in [0.25, 0.3) is 0 Å². The van der Waals surface area contributed by atoms with Crippen molar-refractivity contribution in [3.05, 3.63) is 70.8 Å². The molecule has 0 fully saturated rings. The van der Waals surface area contributed by atoms with Gasteiger partial charge in [0.15, 0.2) is 0 Å². The largest absolute Gasteiger partial charge is 0.301 e. The molecule has 1 nitrogen and oxygen atoms in total. The minimum absolute atomic E-state index is 0.515. The van der Waals surface area contributed by atoms with Crippen LogP contribution in [0.25, 0.3) is 0 Å². The smallest absolute Gasteiger partial charge is 0.0234 e. The Labute approximate surface area is 115 Å². The van der Waals surface area contributed by atoms with Crippen LogP contribution in [0.15, 0.2) is 48.5 Å². The summed E-state index contributed by atoms with van der Waals surface area (Å²) in [5.41, 5.74) is 5.89. The molecule has 0 N–H and O–H groups in total. The fourth-order valence-electron chi connectivity index (χ4n) is 3.09. The number of aryl methyl sites for hydroxylation is 1. The summed E-state index contributed by atoms with van der Waals surface area (Å²) in [5.74, 6) is 0.515. The molecule has 1 aliphatic rings. The summed E-state index contributed by atoms with van der Waals surface area (Å²) in [6.07, 6.45) is 1.12. The first kappa shape index (κ1) is 12.4. The van der Waals surface area contributed by atoms with E-state index in [0.29, 0.717) is 5.92 Å². The van der Waals surface area contributed by atoms with Gasteiger partial charge in [0.1, 0.15) is 0 Å². The number of hydrogen-bond acceptors (Lipinski definition) is 1. The minimum Gasteiger partial charge on any atom is -0.301 e. The summed E-state index contributed by atoms with van der Waals surface area (Å²) >= 11 is 0. The molecule has 19 heavy (non-hydrogen) atoms. The van der Waals surface area contributed by atoms with E-state index in [1.54, 1.807) is 0 Å². The van der Waals surface area contributed by atoms with Crippen molar-refractivity contribution in [2.75, 3.05) is 13.6 Å². The zero-order valence-electron chi connectivity index (χ0n) is 11.8. The summed E-state index contributed by atoms with van der Waals surface area (Å²) in [6.45, 7) is 4.41. The zero-order chi connectivity index (χ0) is 13.2. The van der Waals surface area contributed by atoms with Crippen LogP contribution in [0, 0.1) is 0 Å². The Kier molecular flexibility index (Phi) is 3.39. The van der Waals surface area contributed by atoms with E-state index in [0.717, 1.165) is 19.5 Å². The van der Waals surface area contributed by atoms with Crippen LogP contribution in [-0.4, -0.2) is 18.5 Å². The SMILES string of the molecule is CCc1ccc2c(c1)CN(C)C[C@@H]2c1ccccc1. The lowest BCUT2D eigenvalue weighted by atomic mass is 9.84. The molecule has 2 aromatic rings. The number of rotatable bonds is 2. The quantitative estimate of drug-likeness (QED) is 0.784. The molecule has 0 unspecified atom stereocenters. The van der Waals surface area contributed by atoms with Crippen LogP contribution in [0.4, 0.5) is 0 Å². The second-order valence-corrected chi connectivity index (χ2v) is 5.55. The van der Waals surface area contributed by atoms with Crippen LogP contribution < -0.4 is 0 Å². The zero-order valence-corrected chi connectivity index (χ0v) is 11.8. The van der Waals surface area contributed by atoms with Gasteiger partial charge in [-0.3, -0.25) is 0 Å². The molecule has 0 amide bonds. The van der Waals surface area contributed by atoms with Crippen LogP contribution in [0.1, 0.15) is 35.1 Å². The van der Waals surface area contributed by atoms with Crippen molar-refractivity contribution in [3.8, 4) is 0 Å². The van der Waals surface area contributed by atoms with E-state index in [4.69, 9.17) is 0 Å². The average molecular weight is 251 g/mol. The third-order valence-electron chi connectivity index (χ3n) is 4.13. The molecular weight excluding hydrogens is 230 g/mol. The van der Waals surface area contributed by atoms with E-state index >= 15 is 0 Å². The van der Waals surface area contributed by atoms with Crippen molar-refractivity contribution >= 4 is 0 Å². The molecule has 0 saturated carbocycles. The Hall–Kier alpha value is -1.60. The third kappa shape index (κ3) is 2.43. The van der Waals surface area contributed by atoms with Crippen molar-refractivity contribution in [3.63, 3.8) is 0 Å². The van der Waals surface area contributed by atoms with Crippen molar-refractivity contribution in [1.82, 2.24) is 4.90 Å². The van der Waals surface area contributed by atoms with Crippen LogP contribution in [0.5, 0.6) is 0 Å². The normalized spacial score (nSPS) is 19.2. The van der Waals surface area contributed by atoms with Crippen molar-refractivity contribution in [2.45, 2.75) is 25.8 Å². The lowest BCUT2D eigenvalue weighted by Gasteiger charge is -2.33. The van der Waals surface area contributed by atoms with Gasteiger partial charge in [0.05, 0.1) is 0 Å². The van der Waals surface area contributed by atoms with Gasteiger partial charge in [-0.15, -0.1) is 0 Å². The topological polar surface area (TPSA) is 3.24 Å². The molecule has 3 rings (SSSR count). The van der Waals surface area contributed by atoms with Crippen molar-refractivity contribution in [1.29, 1.82) is 0 Å². The van der Waals surface area contributed by atoms with Crippen LogP contribution >= 0.6 is 0 Å². The van der Waals surface area contributed by atoms with E-state index in [2.05, 4.69) is 67.4 Å². The average Bonchev–Trinajstić information content (AvgIpc) is 2.46. The maximum Gasteiger partial charge on any atom is 0.0234 e. The van der Waals surface area contributed by atoms with Crippen LogP contribution in [0.2, 0.25) is 0 Å². The Balaban J connectivity index is 2.05. The molecular formula is C18H21N. The second-order valence-electron chi connectivity index (χ2n) is 5.55. The molecule has 0 radical (unpaired) electrons. The molecule has 1 heterocycles. The lowest BCUT2D eigenvalue weighted by molar-refractivity contribution is 0.295. The van der Waals surface area contributed by atoms with Crippen molar-refractivity contribution < 1.29 is 0 Å². The maximum absolute atomic E-state index is 2.43. The van der Waals surface area contributed by atoms with Gasteiger partial charge in [-0.1, -0.05) is 55.5 Å². The highest BCUT2D eigenvalue weighted by Crippen LogP contribution is 2.33. The number of benzene rings is 2. The summed E-state index contributed by atoms with van der Waals surface area (Å²) < 4.78 is 0. The molecule has 0 bridgehead atoms. The van der Waals surface area contributed by atoms with E-state index in [-0.39, 0.29) is 0 Å². The Bertz CT molecular complexity index is 559. The summed E-state index contributed by atoms with van der Waals surface area (Å²) in [7, 11) is 2.22. The highest BCUT2D eigenvalue weighted by atomic mass is 15.1. The monoisotopic (exact) mass is 251 g/mol. The number of likely N-dealkylation sites (N-methyl/N-ethyl adjacent to an activating group) is 1. The number of fused-ring (bicyclic) bond motifs is 1. The summed E-state index contributed by atoms with van der Waals surface area (Å²) in [5, 5.41) is 0. The van der Waals surface area contributed by atoms with E-state index in [1.807, 2.05) is 0 Å². The first-order valence-corrected chi connectivity index (χ1v) is 7.13. The number of nitrogens with zero attached hydrogens (tertiary/aromatic N) is 1. The Morgan fingerprint density at radius 2 is 1.89 bits per heavy atom. The molecule has 0 aliphatic carbocycles. The van der Waals surface area contributed by atoms with Crippen LogP contribution in [-0.2, 0) is 13.0 Å². The van der Waals surface area contributed by atoms with Gasteiger partial charge in [-0.05, 0) is 35.7 Å². The molecule has 0 spiro atoms. The molecule has 1 aliphatic heterocycles. The number of hydrogen-bond donors (Lipinski definition) is 0. The Morgan fingerprint density at radius 3 is 2.63 bits per heavy atom. The third-order valence-corrected chi connectivity index (χ3v) is 4.13. The van der Waals surface area contributed by atoms with Crippen molar-refractivity contribution in [2.24, 2.45) is 0 Å². The van der Waals surface area contributed by atoms with E-state index in [1.165, 1.54) is 22.3 Å². The Morgan fingerprint density at radius 1 is 1.11 bits per heavy atom. The first-order chi connectivity index (χ1) is 9.28. The predicted molar refractivity (Wildman–Crippen MR) is 80.4 cm³/mol. The molecule has 2 aromatic carbocycles. The van der Waals surface area contributed by atoms with E-state index in [9.17, 15) is 0 Å². The summed E-state index contributed by atoms with van der Waals surface area (Å²) in [6, 6.07) is 17.9. The first-order valence-electron chi connectivity index (χ1n) is 7.13. The van der Waals surface area contributed by atoms with E-state index < -0.39 is 0 Å². The minimum atomic E-state index is 0.515. The predicted octanol–water partition coefficient (Wildman–Crippen LogP) is 3.83. The lowest BCUT2D eigenvalue weighted by Crippen LogP contribution is -2.31. The van der Waals surface area contributed by atoms with Gasteiger partial charge in [0.2, 0.25) is 0 Å².